The Morgan fingerprint density at radius 3 is 2.65 bits per heavy atom. The minimum absolute atomic E-state index is 0.00233. The number of hydrogen-bond donors (Lipinski definition) is 1. The van der Waals surface area contributed by atoms with Crippen molar-refractivity contribution in [3.63, 3.8) is 0 Å². The van der Waals surface area contributed by atoms with Crippen LogP contribution < -0.4 is 10.1 Å². The maximum Gasteiger partial charge on any atom is 0.365 e. The Hall–Kier alpha value is -3.41. The molecule has 0 radical (unpaired) electrons. The second-order valence-corrected chi connectivity index (χ2v) is 6.08. The van der Waals surface area contributed by atoms with Crippen molar-refractivity contribution in [3.8, 4) is 17.2 Å². The molecule has 0 spiro atoms. The van der Waals surface area contributed by atoms with Gasteiger partial charge in [0.2, 0.25) is 11.8 Å². The largest absolute Gasteiger partial charge is 0.444 e. The van der Waals surface area contributed by atoms with Crippen LogP contribution >= 0.6 is 0 Å². The van der Waals surface area contributed by atoms with Gasteiger partial charge in [-0.3, -0.25) is 4.79 Å². The minimum atomic E-state index is -0.624. The van der Waals surface area contributed by atoms with E-state index in [2.05, 4.69) is 10.3 Å². The summed E-state index contributed by atoms with van der Waals surface area (Å²) in [6, 6.07) is 16.0. The molecule has 6 nitrogen and oxygen atoms in total. The molecule has 1 amide bonds. The molecule has 0 atom stereocenters. The summed E-state index contributed by atoms with van der Waals surface area (Å²) in [7, 11) is 0. The lowest BCUT2D eigenvalue weighted by atomic mass is 10.2. The van der Waals surface area contributed by atoms with E-state index in [0.29, 0.717) is 17.3 Å². The van der Waals surface area contributed by atoms with E-state index in [9.17, 15) is 9.59 Å². The zero-order chi connectivity index (χ0) is 17.9. The molecule has 0 saturated heterocycles. The van der Waals surface area contributed by atoms with Gasteiger partial charge in [0.05, 0.1) is 0 Å². The van der Waals surface area contributed by atoms with E-state index in [1.165, 1.54) is 6.26 Å². The summed E-state index contributed by atoms with van der Waals surface area (Å²) < 4.78 is 10.7. The molecule has 0 aliphatic heterocycles. The van der Waals surface area contributed by atoms with E-state index in [-0.39, 0.29) is 17.5 Å². The molecule has 1 aliphatic rings. The Morgan fingerprint density at radius 1 is 1.08 bits per heavy atom. The van der Waals surface area contributed by atoms with Crippen LogP contribution in [0.2, 0.25) is 0 Å². The number of amides is 1. The fourth-order valence-electron chi connectivity index (χ4n) is 2.47. The predicted octanol–water partition coefficient (Wildman–Crippen LogP) is 3.91. The van der Waals surface area contributed by atoms with E-state index in [0.717, 1.165) is 18.4 Å². The number of carbonyl (C=O) groups is 2. The van der Waals surface area contributed by atoms with Gasteiger partial charge in [-0.05, 0) is 37.1 Å². The molecule has 130 valence electrons. The predicted molar refractivity (Wildman–Crippen MR) is 94.7 cm³/mol. The molecule has 1 fully saturated rings. The fourth-order valence-corrected chi connectivity index (χ4v) is 2.47. The summed E-state index contributed by atoms with van der Waals surface area (Å²) in [6.45, 7) is 0. The summed E-state index contributed by atoms with van der Waals surface area (Å²) in [6.07, 6.45) is 3.12. The first-order valence-corrected chi connectivity index (χ1v) is 8.33. The van der Waals surface area contributed by atoms with Gasteiger partial charge in [-0.25, -0.2) is 9.78 Å². The number of carbonyl (C=O) groups excluding carboxylic acids is 2. The van der Waals surface area contributed by atoms with E-state index in [1.54, 1.807) is 24.3 Å². The van der Waals surface area contributed by atoms with Crippen LogP contribution in [0.3, 0.4) is 0 Å². The van der Waals surface area contributed by atoms with Crippen molar-refractivity contribution in [2.75, 3.05) is 5.32 Å². The van der Waals surface area contributed by atoms with E-state index < -0.39 is 5.97 Å². The standard InChI is InChI=1S/C20H16N2O4/c23-18(13-9-10-13)21-15-7-4-8-16(11-15)26-20(24)17-12-25-19(22-17)14-5-2-1-3-6-14/h1-8,11-13H,9-10H2,(H,21,23). The van der Waals surface area contributed by atoms with Crippen molar-refractivity contribution in [2.24, 2.45) is 5.92 Å². The highest BCUT2D eigenvalue weighted by molar-refractivity contribution is 5.94. The Labute approximate surface area is 149 Å². The number of rotatable bonds is 5. The van der Waals surface area contributed by atoms with Gasteiger partial charge in [0, 0.05) is 23.2 Å². The van der Waals surface area contributed by atoms with Gasteiger partial charge < -0.3 is 14.5 Å². The van der Waals surface area contributed by atoms with Gasteiger partial charge in [-0.1, -0.05) is 24.3 Å². The number of nitrogens with zero attached hydrogens (tertiary/aromatic N) is 1. The Morgan fingerprint density at radius 2 is 1.88 bits per heavy atom. The number of oxazole rings is 1. The number of esters is 1. The van der Waals surface area contributed by atoms with Gasteiger partial charge in [-0.2, -0.15) is 0 Å². The molecule has 2 aromatic carbocycles. The van der Waals surface area contributed by atoms with Crippen LogP contribution in [0.5, 0.6) is 5.75 Å². The molecule has 26 heavy (non-hydrogen) atoms. The number of anilines is 1. The first-order valence-electron chi connectivity index (χ1n) is 8.33. The molecule has 1 saturated carbocycles. The van der Waals surface area contributed by atoms with Crippen LogP contribution in [0, 0.1) is 5.92 Å². The molecule has 0 bridgehead atoms. The maximum absolute atomic E-state index is 12.3. The molecule has 6 heteroatoms. The van der Waals surface area contributed by atoms with Crippen LogP contribution in [-0.2, 0) is 4.79 Å². The first kappa shape index (κ1) is 16.1. The molecule has 1 aromatic heterocycles. The van der Waals surface area contributed by atoms with Crippen molar-refractivity contribution in [2.45, 2.75) is 12.8 Å². The van der Waals surface area contributed by atoms with Gasteiger partial charge in [0.25, 0.3) is 0 Å². The molecular formula is C20H16N2O4. The third-order valence-electron chi connectivity index (χ3n) is 3.99. The normalized spacial score (nSPS) is 13.2. The zero-order valence-corrected chi connectivity index (χ0v) is 13.8. The smallest absolute Gasteiger partial charge is 0.365 e. The molecule has 1 heterocycles. The minimum Gasteiger partial charge on any atom is -0.444 e. The quantitative estimate of drug-likeness (QED) is 0.558. The van der Waals surface area contributed by atoms with Crippen molar-refractivity contribution in [3.05, 3.63) is 66.6 Å². The highest BCUT2D eigenvalue weighted by Gasteiger charge is 2.29. The summed E-state index contributed by atoms with van der Waals surface area (Å²) in [4.78, 5) is 28.3. The van der Waals surface area contributed by atoms with Gasteiger partial charge >= 0.3 is 5.97 Å². The number of nitrogens with one attached hydrogen (secondary N) is 1. The van der Waals surface area contributed by atoms with Gasteiger partial charge in [0.15, 0.2) is 5.69 Å². The van der Waals surface area contributed by atoms with E-state index in [1.807, 2.05) is 30.3 Å². The third-order valence-corrected chi connectivity index (χ3v) is 3.99. The monoisotopic (exact) mass is 348 g/mol. The van der Waals surface area contributed by atoms with Crippen molar-refractivity contribution >= 4 is 17.6 Å². The Balaban J connectivity index is 1.45. The van der Waals surface area contributed by atoms with Crippen LogP contribution in [0.25, 0.3) is 11.5 Å². The van der Waals surface area contributed by atoms with Gasteiger partial charge in [0.1, 0.15) is 12.0 Å². The van der Waals surface area contributed by atoms with Crippen LogP contribution in [-0.4, -0.2) is 16.9 Å². The van der Waals surface area contributed by atoms with E-state index in [4.69, 9.17) is 9.15 Å². The highest BCUT2D eigenvalue weighted by atomic mass is 16.5. The second-order valence-electron chi connectivity index (χ2n) is 6.08. The highest BCUT2D eigenvalue weighted by Crippen LogP contribution is 2.30. The summed E-state index contributed by atoms with van der Waals surface area (Å²) in [5.41, 5.74) is 1.45. The van der Waals surface area contributed by atoms with Crippen molar-refractivity contribution in [1.82, 2.24) is 4.98 Å². The summed E-state index contributed by atoms with van der Waals surface area (Å²) in [5, 5.41) is 2.82. The Bertz CT molecular complexity index is 945. The SMILES string of the molecule is O=C(Oc1cccc(NC(=O)C2CC2)c1)c1coc(-c2ccccc2)n1. The van der Waals surface area contributed by atoms with E-state index >= 15 is 0 Å². The summed E-state index contributed by atoms with van der Waals surface area (Å²) >= 11 is 0. The maximum atomic E-state index is 12.3. The molecule has 4 rings (SSSR count). The molecule has 0 unspecified atom stereocenters. The second kappa shape index (κ2) is 6.84. The summed E-state index contributed by atoms with van der Waals surface area (Å²) in [5.74, 6) is 0.155. The topological polar surface area (TPSA) is 81.4 Å². The average Bonchev–Trinajstić information content (AvgIpc) is 3.39. The average molecular weight is 348 g/mol. The lowest BCUT2D eigenvalue weighted by Crippen LogP contribution is -2.13. The third kappa shape index (κ3) is 3.64. The molecule has 1 aliphatic carbocycles. The number of aromatic nitrogens is 1. The fraction of sp³-hybridized carbons (Fsp3) is 0.150. The van der Waals surface area contributed by atoms with Crippen LogP contribution in [0.1, 0.15) is 23.3 Å². The first-order chi connectivity index (χ1) is 12.7. The molecular weight excluding hydrogens is 332 g/mol. The van der Waals surface area contributed by atoms with Crippen molar-refractivity contribution in [1.29, 1.82) is 0 Å². The molecule has 3 aromatic rings. The zero-order valence-electron chi connectivity index (χ0n) is 13.8. The lowest BCUT2D eigenvalue weighted by molar-refractivity contribution is -0.117. The van der Waals surface area contributed by atoms with Crippen LogP contribution in [0.4, 0.5) is 5.69 Å². The number of hydrogen-bond acceptors (Lipinski definition) is 5. The van der Waals surface area contributed by atoms with Crippen LogP contribution in [0.15, 0.2) is 65.3 Å². The lowest BCUT2D eigenvalue weighted by Gasteiger charge is -2.07. The number of benzene rings is 2. The number of ether oxygens (including phenoxy) is 1. The Kier molecular flexibility index (Phi) is 4.23. The van der Waals surface area contributed by atoms with Crippen molar-refractivity contribution < 1.29 is 18.7 Å². The van der Waals surface area contributed by atoms with Gasteiger partial charge in [-0.15, -0.1) is 0 Å². The molecule has 1 N–H and O–H groups in total.